The Balaban J connectivity index is 1.64. The molecule has 0 saturated heterocycles. The van der Waals surface area contributed by atoms with Crippen LogP contribution in [-0.2, 0) is 0 Å². The number of furan rings is 1. The molecule has 0 bridgehead atoms. The van der Waals surface area contributed by atoms with Gasteiger partial charge in [-0.25, -0.2) is 0 Å². The Kier molecular flexibility index (Phi) is 4.48. The summed E-state index contributed by atoms with van der Waals surface area (Å²) < 4.78 is 6.56. The molecule has 1 aliphatic carbocycles. The minimum absolute atomic E-state index is 0.604. The predicted octanol–water partition coefficient (Wildman–Crippen LogP) is 7.27. The van der Waals surface area contributed by atoms with Crippen molar-refractivity contribution < 1.29 is 4.42 Å². The summed E-state index contributed by atoms with van der Waals surface area (Å²) in [4.78, 5) is 2.13. The van der Waals surface area contributed by atoms with E-state index in [1.165, 1.54) is 43.1 Å². The Bertz CT molecular complexity index is 1210. The average molecular weight is 380 g/mol. The maximum Gasteiger partial charge on any atom is 0.159 e. The van der Waals surface area contributed by atoms with E-state index in [2.05, 4.69) is 47.4 Å². The van der Waals surface area contributed by atoms with Crippen LogP contribution in [0.25, 0.3) is 21.9 Å². The Morgan fingerprint density at radius 3 is 2.28 bits per heavy atom. The standard InChI is InChI=1S/C26H24N2O/c1-28(20-15-13-18(17-27)14-16-20)24-12-6-11-23-22-10-5-9-21(25(22)29-26(23)24)19-7-3-2-4-8-19/h5-6,9-16,19H,2-4,7-8H2,1H3. The number of anilines is 2. The highest BCUT2D eigenvalue weighted by atomic mass is 16.3. The fourth-order valence-electron chi connectivity index (χ4n) is 4.72. The molecular formula is C26H24N2O. The highest BCUT2D eigenvalue weighted by molar-refractivity contribution is 6.10. The van der Waals surface area contributed by atoms with Crippen molar-refractivity contribution >= 4 is 33.3 Å². The van der Waals surface area contributed by atoms with Crippen LogP contribution in [0, 0.1) is 11.3 Å². The number of rotatable bonds is 3. The van der Waals surface area contributed by atoms with Gasteiger partial charge in [-0.3, -0.25) is 0 Å². The van der Waals surface area contributed by atoms with E-state index in [1.54, 1.807) is 0 Å². The average Bonchev–Trinajstić information content (AvgIpc) is 3.18. The van der Waals surface area contributed by atoms with Crippen molar-refractivity contribution in [3.8, 4) is 6.07 Å². The van der Waals surface area contributed by atoms with Crippen LogP contribution in [0.1, 0.15) is 49.1 Å². The maximum absolute atomic E-state index is 9.06. The Morgan fingerprint density at radius 2 is 1.55 bits per heavy atom. The van der Waals surface area contributed by atoms with E-state index in [0.717, 1.165) is 27.9 Å². The number of benzene rings is 3. The van der Waals surface area contributed by atoms with Crippen molar-refractivity contribution in [1.82, 2.24) is 0 Å². The number of hydrogen-bond acceptors (Lipinski definition) is 3. The highest BCUT2D eigenvalue weighted by Crippen LogP contribution is 2.42. The van der Waals surface area contributed by atoms with Gasteiger partial charge in [-0.15, -0.1) is 0 Å². The van der Waals surface area contributed by atoms with Crippen LogP contribution in [0.2, 0.25) is 0 Å². The quantitative estimate of drug-likeness (QED) is 0.375. The molecule has 0 N–H and O–H groups in total. The fraction of sp³-hybridized carbons (Fsp3) is 0.269. The van der Waals surface area contributed by atoms with Crippen LogP contribution in [-0.4, -0.2) is 7.05 Å². The second-order valence-corrected chi connectivity index (χ2v) is 8.03. The summed E-state index contributed by atoms with van der Waals surface area (Å²) in [6.45, 7) is 0. The third kappa shape index (κ3) is 3.06. The lowest BCUT2D eigenvalue weighted by Gasteiger charge is -2.22. The molecule has 144 valence electrons. The van der Waals surface area contributed by atoms with Gasteiger partial charge in [-0.1, -0.05) is 49.6 Å². The molecule has 1 aliphatic rings. The number of fused-ring (bicyclic) bond motifs is 3. The lowest BCUT2D eigenvalue weighted by Crippen LogP contribution is -2.09. The second-order valence-electron chi connectivity index (χ2n) is 8.03. The van der Waals surface area contributed by atoms with Gasteiger partial charge in [0.25, 0.3) is 0 Å². The molecule has 0 spiro atoms. The van der Waals surface area contributed by atoms with Gasteiger partial charge in [0, 0.05) is 23.5 Å². The summed E-state index contributed by atoms with van der Waals surface area (Å²) >= 11 is 0. The van der Waals surface area contributed by atoms with E-state index in [-0.39, 0.29) is 0 Å². The molecule has 3 aromatic carbocycles. The fourth-order valence-corrected chi connectivity index (χ4v) is 4.72. The van der Waals surface area contributed by atoms with Crippen molar-refractivity contribution in [2.75, 3.05) is 11.9 Å². The Morgan fingerprint density at radius 1 is 0.862 bits per heavy atom. The van der Waals surface area contributed by atoms with E-state index in [9.17, 15) is 0 Å². The monoisotopic (exact) mass is 380 g/mol. The third-order valence-electron chi connectivity index (χ3n) is 6.32. The zero-order valence-corrected chi connectivity index (χ0v) is 16.7. The normalized spacial score (nSPS) is 14.9. The molecule has 1 fully saturated rings. The van der Waals surface area contributed by atoms with E-state index in [0.29, 0.717) is 11.5 Å². The smallest absolute Gasteiger partial charge is 0.159 e. The molecule has 0 atom stereocenters. The molecule has 0 radical (unpaired) electrons. The summed E-state index contributed by atoms with van der Waals surface area (Å²) in [5.74, 6) is 0.604. The lowest BCUT2D eigenvalue weighted by molar-refractivity contribution is 0.442. The van der Waals surface area contributed by atoms with Crippen molar-refractivity contribution in [2.24, 2.45) is 0 Å². The summed E-state index contributed by atoms with van der Waals surface area (Å²) in [5.41, 5.74) is 6.08. The molecule has 0 aliphatic heterocycles. The van der Waals surface area contributed by atoms with E-state index < -0.39 is 0 Å². The van der Waals surface area contributed by atoms with Crippen molar-refractivity contribution in [2.45, 2.75) is 38.0 Å². The third-order valence-corrected chi connectivity index (χ3v) is 6.32. The van der Waals surface area contributed by atoms with Crippen LogP contribution in [0.15, 0.2) is 65.1 Å². The zero-order chi connectivity index (χ0) is 19.8. The minimum Gasteiger partial charge on any atom is -0.454 e. The SMILES string of the molecule is CN(c1ccc(C#N)cc1)c1cccc2c1oc1c(C3CCCCC3)cccc12. The summed E-state index contributed by atoms with van der Waals surface area (Å²) in [6, 6.07) is 22.8. The maximum atomic E-state index is 9.06. The summed E-state index contributed by atoms with van der Waals surface area (Å²) in [6.07, 6.45) is 6.50. The molecule has 4 aromatic rings. The van der Waals surface area contributed by atoms with Crippen LogP contribution < -0.4 is 4.90 Å². The van der Waals surface area contributed by atoms with Gasteiger partial charge >= 0.3 is 0 Å². The number of nitrogens with zero attached hydrogens (tertiary/aromatic N) is 2. The van der Waals surface area contributed by atoms with Gasteiger partial charge < -0.3 is 9.32 Å². The van der Waals surface area contributed by atoms with Gasteiger partial charge in [-0.2, -0.15) is 5.26 Å². The van der Waals surface area contributed by atoms with Crippen LogP contribution in [0.4, 0.5) is 11.4 Å². The first-order valence-corrected chi connectivity index (χ1v) is 10.4. The first-order valence-electron chi connectivity index (χ1n) is 10.4. The molecule has 29 heavy (non-hydrogen) atoms. The molecule has 1 heterocycles. The Hall–Kier alpha value is -3.25. The molecule has 1 saturated carbocycles. The molecule has 0 unspecified atom stereocenters. The molecule has 5 rings (SSSR count). The minimum atomic E-state index is 0.604. The molecule has 0 amide bonds. The van der Waals surface area contributed by atoms with Gasteiger partial charge in [-0.05, 0) is 54.7 Å². The Labute approximate surface area is 171 Å². The molecule has 3 heteroatoms. The zero-order valence-electron chi connectivity index (χ0n) is 16.7. The first kappa shape index (κ1) is 17.8. The van der Waals surface area contributed by atoms with E-state index >= 15 is 0 Å². The summed E-state index contributed by atoms with van der Waals surface area (Å²) in [7, 11) is 2.05. The van der Waals surface area contributed by atoms with Crippen molar-refractivity contribution in [1.29, 1.82) is 5.26 Å². The van der Waals surface area contributed by atoms with Gasteiger partial charge in [0.15, 0.2) is 5.58 Å². The topological polar surface area (TPSA) is 40.2 Å². The first-order chi connectivity index (χ1) is 14.3. The number of nitriles is 1. The number of para-hydroxylation sites is 2. The molecule has 3 nitrogen and oxygen atoms in total. The summed E-state index contributed by atoms with van der Waals surface area (Å²) in [5, 5.41) is 11.4. The van der Waals surface area contributed by atoms with Gasteiger partial charge in [0.2, 0.25) is 0 Å². The number of hydrogen-bond donors (Lipinski definition) is 0. The largest absolute Gasteiger partial charge is 0.454 e. The predicted molar refractivity (Wildman–Crippen MR) is 119 cm³/mol. The molecule has 1 aromatic heterocycles. The van der Waals surface area contributed by atoms with Gasteiger partial charge in [0.1, 0.15) is 5.58 Å². The lowest BCUT2D eigenvalue weighted by atomic mass is 9.83. The van der Waals surface area contributed by atoms with Crippen LogP contribution >= 0.6 is 0 Å². The van der Waals surface area contributed by atoms with Crippen molar-refractivity contribution in [3.63, 3.8) is 0 Å². The highest BCUT2D eigenvalue weighted by Gasteiger charge is 2.22. The van der Waals surface area contributed by atoms with Crippen LogP contribution in [0.5, 0.6) is 0 Å². The van der Waals surface area contributed by atoms with E-state index in [1.807, 2.05) is 31.3 Å². The van der Waals surface area contributed by atoms with Crippen LogP contribution in [0.3, 0.4) is 0 Å². The second kappa shape index (κ2) is 7.29. The van der Waals surface area contributed by atoms with Gasteiger partial charge in [0.05, 0.1) is 17.3 Å². The molecular weight excluding hydrogens is 356 g/mol. The van der Waals surface area contributed by atoms with Crippen molar-refractivity contribution in [3.05, 3.63) is 71.8 Å². The van der Waals surface area contributed by atoms with E-state index in [4.69, 9.17) is 9.68 Å².